The van der Waals surface area contributed by atoms with Crippen molar-refractivity contribution in [2.45, 2.75) is 4.90 Å². The van der Waals surface area contributed by atoms with Crippen LogP contribution in [0.15, 0.2) is 28.2 Å². The van der Waals surface area contributed by atoms with Gasteiger partial charge < -0.3 is 5.73 Å². The fourth-order valence-corrected chi connectivity index (χ4v) is 1.26. The van der Waals surface area contributed by atoms with Crippen LogP contribution in [-0.2, 0) is 0 Å². The van der Waals surface area contributed by atoms with Crippen molar-refractivity contribution in [3.63, 3.8) is 0 Å². The van der Waals surface area contributed by atoms with Gasteiger partial charge in [-0.2, -0.15) is 0 Å². The van der Waals surface area contributed by atoms with E-state index in [1.807, 2.05) is 19.2 Å². The fraction of sp³-hybridized carbons (Fsp3) is 0.143. The summed E-state index contributed by atoms with van der Waals surface area (Å²) < 4.78 is 2.96. The molecule has 0 spiro atoms. The Labute approximate surface area is 75.4 Å². The minimum absolute atomic E-state index is 0.623. The summed E-state index contributed by atoms with van der Waals surface area (Å²) in [6.45, 7) is 0. The standard InChI is InChI=1S/C7H10N4S/c1-9-12-6-2-3-10-7(4-6)11-5-8/h2-5,9H,1H3,(H2,8,10,11). The summed E-state index contributed by atoms with van der Waals surface area (Å²) in [6, 6.07) is 3.75. The van der Waals surface area contributed by atoms with Crippen LogP contribution in [0.2, 0.25) is 0 Å². The minimum Gasteiger partial charge on any atom is -0.390 e. The second-order valence-electron chi connectivity index (χ2n) is 1.93. The fourth-order valence-electron chi connectivity index (χ4n) is 0.728. The van der Waals surface area contributed by atoms with E-state index in [1.165, 1.54) is 18.3 Å². The molecule has 1 heterocycles. The molecule has 1 aromatic heterocycles. The molecule has 0 aliphatic rings. The molecule has 0 unspecified atom stereocenters. The molecule has 0 radical (unpaired) electrons. The summed E-state index contributed by atoms with van der Waals surface area (Å²) in [5.74, 6) is 0.623. The normalized spacial score (nSPS) is 10.8. The van der Waals surface area contributed by atoms with Gasteiger partial charge in [0.05, 0.1) is 6.34 Å². The van der Waals surface area contributed by atoms with Gasteiger partial charge in [-0.25, -0.2) is 9.98 Å². The van der Waals surface area contributed by atoms with E-state index in [0.29, 0.717) is 5.82 Å². The van der Waals surface area contributed by atoms with E-state index < -0.39 is 0 Å². The summed E-state index contributed by atoms with van der Waals surface area (Å²) in [5.41, 5.74) is 5.13. The van der Waals surface area contributed by atoms with Crippen molar-refractivity contribution >= 4 is 24.1 Å². The second-order valence-corrected chi connectivity index (χ2v) is 3.02. The lowest BCUT2D eigenvalue weighted by molar-refractivity contribution is 1.21. The summed E-state index contributed by atoms with van der Waals surface area (Å²) in [7, 11) is 1.86. The van der Waals surface area contributed by atoms with Crippen molar-refractivity contribution in [3.8, 4) is 0 Å². The third kappa shape index (κ3) is 2.52. The molecule has 12 heavy (non-hydrogen) atoms. The van der Waals surface area contributed by atoms with Crippen LogP contribution in [0.25, 0.3) is 0 Å². The van der Waals surface area contributed by atoms with E-state index in [4.69, 9.17) is 5.73 Å². The summed E-state index contributed by atoms with van der Waals surface area (Å²) in [4.78, 5) is 8.91. The number of nitrogens with two attached hydrogens (primary N) is 1. The molecule has 0 atom stereocenters. The van der Waals surface area contributed by atoms with Crippen LogP contribution in [0.3, 0.4) is 0 Å². The van der Waals surface area contributed by atoms with Crippen LogP contribution in [0.5, 0.6) is 0 Å². The summed E-state index contributed by atoms with van der Waals surface area (Å²) in [6.07, 6.45) is 2.93. The third-order valence-electron chi connectivity index (χ3n) is 1.14. The molecule has 5 heteroatoms. The molecule has 4 nitrogen and oxygen atoms in total. The lowest BCUT2D eigenvalue weighted by atomic mass is 10.5. The zero-order valence-corrected chi connectivity index (χ0v) is 7.51. The lowest BCUT2D eigenvalue weighted by Gasteiger charge is -1.98. The number of hydrogen-bond acceptors (Lipinski definition) is 4. The molecule has 0 saturated carbocycles. The molecule has 0 saturated heterocycles. The third-order valence-corrected chi connectivity index (χ3v) is 1.84. The highest BCUT2D eigenvalue weighted by Crippen LogP contribution is 2.17. The zero-order chi connectivity index (χ0) is 8.81. The number of nitrogens with one attached hydrogen (secondary N) is 1. The van der Waals surface area contributed by atoms with Gasteiger partial charge in [0.1, 0.15) is 0 Å². The molecule has 0 aliphatic carbocycles. The molecule has 0 aromatic carbocycles. The maximum atomic E-state index is 5.13. The average Bonchev–Trinajstić information content (AvgIpc) is 2.06. The Balaban J connectivity index is 2.80. The van der Waals surface area contributed by atoms with Gasteiger partial charge in [0.2, 0.25) is 0 Å². The smallest absolute Gasteiger partial charge is 0.154 e. The maximum absolute atomic E-state index is 5.13. The Bertz CT molecular complexity index is 274. The van der Waals surface area contributed by atoms with E-state index >= 15 is 0 Å². The Kier molecular flexibility index (Phi) is 3.56. The van der Waals surface area contributed by atoms with Crippen molar-refractivity contribution in [3.05, 3.63) is 18.3 Å². The summed E-state index contributed by atoms with van der Waals surface area (Å²) in [5, 5.41) is 0. The van der Waals surface area contributed by atoms with Gasteiger partial charge in [-0.3, -0.25) is 4.72 Å². The van der Waals surface area contributed by atoms with Crippen molar-refractivity contribution in [2.24, 2.45) is 10.7 Å². The Morgan fingerprint density at radius 3 is 3.25 bits per heavy atom. The van der Waals surface area contributed by atoms with Crippen LogP contribution in [0.1, 0.15) is 0 Å². The van der Waals surface area contributed by atoms with E-state index in [9.17, 15) is 0 Å². The van der Waals surface area contributed by atoms with Gasteiger partial charge >= 0.3 is 0 Å². The average molecular weight is 182 g/mol. The molecule has 64 valence electrons. The van der Waals surface area contributed by atoms with Crippen LogP contribution in [0.4, 0.5) is 5.82 Å². The molecule has 1 rings (SSSR count). The lowest BCUT2D eigenvalue weighted by Crippen LogP contribution is -1.91. The molecule has 0 bridgehead atoms. The quantitative estimate of drug-likeness (QED) is 0.414. The molecule has 0 fully saturated rings. The number of hydrogen-bond donors (Lipinski definition) is 2. The van der Waals surface area contributed by atoms with Gasteiger partial charge in [-0.15, -0.1) is 0 Å². The highest BCUT2D eigenvalue weighted by molar-refractivity contribution is 7.97. The zero-order valence-electron chi connectivity index (χ0n) is 6.69. The van der Waals surface area contributed by atoms with E-state index in [2.05, 4.69) is 14.7 Å². The first kappa shape index (κ1) is 9.02. The van der Waals surface area contributed by atoms with E-state index in [0.717, 1.165) is 4.90 Å². The first-order chi connectivity index (χ1) is 5.86. The predicted octanol–water partition coefficient (Wildman–Crippen LogP) is 0.927. The Morgan fingerprint density at radius 1 is 1.75 bits per heavy atom. The summed E-state index contributed by atoms with van der Waals surface area (Å²) >= 11 is 1.51. The van der Waals surface area contributed by atoms with Crippen molar-refractivity contribution in [1.82, 2.24) is 9.71 Å². The molecule has 3 N–H and O–H groups in total. The van der Waals surface area contributed by atoms with Crippen LogP contribution < -0.4 is 10.5 Å². The minimum atomic E-state index is 0.623. The maximum Gasteiger partial charge on any atom is 0.154 e. The van der Waals surface area contributed by atoms with E-state index in [1.54, 1.807) is 6.20 Å². The van der Waals surface area contributed by atoms with Gasteiger partial charge in [0, 0.05) is 11.1 Å². The van der Waals surface area contributed by atoms with Gasteiger partial charge in [-0.1, -0.05) is 0 Å². The van der Waals surface area contributed by atoms with Gasteiger partial charge in [0.25, 0.3) is 0 Å². The molecule has 0 amide bonds. The Hall–Kier alpha value is -1.07. The number of aromatic nitrogens is 1. The molecular weight excluding hydrogens is 172 g/mol. The SMILES string of the molecule is CNSc1ccnc(N=CN)c1. The first-order valence-corrected chi connectivity index (χ1v) is 4.22. The highest BCUT2D eigenvalue weighted by atomic mass is 32.2. The number of aliphatic imine (C=N–C) groups is 1. The first-order valence-electron chi connectivity index (χ1n) is 3.40. The van der Waals surface area contributed by atoms with Crippen LogP contribution >= 0.6 is 11.9 Å². The number of nitrogens with zero attached hydrogens (tertiary/aromatic N) is 2. The number of pyridine rings is 1. The monoisotopic (exact) mass is 182 g/mol. The Morgan fingerprint density at radius 2 is 2.58 bits per heavy atom. The van der Waals surface area contributed by atoms with E-state index in [-0.39, 0.29) is 0 Å². The predicted molar refractivity (Wildman–Crippen MR) is 51.5 cm³/mol. The van der Waals surface area contributed by atoms with Crippen molar-refractivity contribution in [2.75, 3.05) is 7.05 Å². The topological polar surface area (TPSA) is 63.3 Å². The van der Waals surface area contributed by atoms with Crippen LogP contribution in [-0.4, -0.2) is 18.4 Å². The second kappa shape index (κ2) is 4.74. The molecule has 1 aromatic rings. The van der Waals surface area contributed by atoms with Crippen LogP contribution in [0, 0.1) is 0 Å². The highest BCUT2D eigenvalue weighted by Gasteiger charge is 1.93. The van der Waals surface area contributed by atoms with Gasteiger partial charge in [0.15, 0.2) is 5.82 Å². The molecular formula is C7H10N4S. The van der Waals surface area contributed by atoms with Crippen molar-refractivity contribution in [1.29, 1.82) is 0 Å². The largest absolute Gasteiger partial charge is 0.390 e. The van der Waals surface area contributed by atoms with Gasteiger partial charge in [-0.05, 0) is 31.1 Å². The number of rotatable bonds is 3. The van der Waals surface area contributed by atoms with Crippen molar-refractivity contribution < 1.29 is 0 Å². The molecule has 0 aliphatic heterocycles.